The monoisotopic (exact) mass is 301 g/mol. The van der Waals surface area contributed by atoms with Crippen LogP contribution in [-0.2, 0) is 28.6 Å². The fourth-order valence-electron chi connectivity index (χ4n) is 2.26. The SMILES string of the molecule is CCOC1CC(CC(=O)N(CC(=O)OC)CC(=O)OC)C1. The first kappa shape index (κ1) is 17.4. The van der Waals surface area contributed by atoms with Crippen molar-refractivity contribution >= 4 is 17.8 Å². The summed E-state index contributed by atoms with van der Waals surface area (Å²) in [7, 11) is 2.48. The third kappa shape index (κ3) is 5.71. The molecule has 0 N–H and O–H groups in total. The van der Waals surface area contributed by atoms with E-state index in [1.165, 1.54) is 19.1 Å². The maximum atomic E-state index is 12.2. The molecule has 0 unspecified atom stereocenters. The summed E-state index contributed by atoms with van der Waals surface area (Å²) in [5.74, 6) is -1.13. The van der Waals surface area contributed by atoms with Crippen LogP contribution in [0.2, 0.25) is 0 Å². The molecule has 0 radical (unpaired) electrons. The highest BCUT2D eigenvalue weighted by Crippen LogP contribution is 2.33. The Bertz CT molecular complexity index is 360. The molecular weight excluding hydrogens is 278 g/mol. The summed E-state index contributed by atoms with van der Waals surface area (Å²) >= 11 is 0. The van der Waals surface area contributed by atoms with Crippen LogP contribution in [0.3, 0.4) is 0 Å². The van der Waals surface area contributed by atoms with Crippen LogP contribution in [0.1, 0.15) is 26.2 Å². The van der Waals surface area contributed by atoms with Crippen LogP contribution >= 0.6 is 0 Å². The molecule has 0 saturated heterocycles. The van der Waals surface area contributed by atoms with Crippen molar-refractivity contribution in [2.75, 3.05) is 33.9 Å². The van der Waals surface area contributed by atoms with Crippen LogP contribution in [0.25, 0.3) is 0 Å². The van der Waals surface area contributed by atoms with E-state index in [4.69, 9.17) is 4.74 Å². The zero-order chi connectivity index (χ0) is 15.8. The van der Waals surface area contributed by atoms with Gasteiger partial charge in [0.05, 0.1) is 20.3 Å². The minimum Gasteiger partial charge on any atom is -0.468 e. The van der Waals surface area contributed by atoms with E-state index in [9.17, 15) is 14.4 Å². The summed E-state index contributed by atoms with van der Waals surface area (Å²) < 4.78 is 14.5. The lowest BCUT2D eigenvalue weighted by atomic mass is 9.79. The van der Waals surface area contributed by atoms with E-state index in [-0.39, 0.29) is 31.0 Å². The van der Waals surface area contributed by atoms with Crippen LogP contribution < -0.4 is 0 Å². The Balaban J connectivity index is 2.47. The molecule has 7 heteroatoms. The number of carbonyl (C=O) groups is 3. The lowest BCUT2D eigenvalue weighted by Gasteiger charge is -2.35. The van der Waals surface area contributed by atoms with Gasteiger partial charge in [0.2, 0.25) is 5.91 Å². The molecule has 0 aliphatic heterocycles. The molecule has 1 rings (SSSR count). The van der Waals surface area contributed by atoms with Gasteiger partial charge in [-0.3, -0.25) is 14.4 Å². The van der Waals surface area contributed by atoms with Crippen molar-refractivity contribution in [2.45, 2.75) is 32.3 Å². The minimum atomic E-state index is -0.562. The van der Waals surface area contributed by atoms with E-state index in [2.05, 4.69) is 9.47 Å². The molecule has 0 aromatic rings. The molecule has 1 fully saturated rings. The normalized spacial score (nSPS) is 20.3. The van der Waals surface area contributed by atoms with Crippen LogP contribution in [-0.4, -0.2) is 62.8 Å². The van der Waals surface area contributed by atoms with Gasteiger partial charge in [-0.25, -0.2) is 0 Å². The molecular formula is C14H23NO6. The van der Waals surface area contributed by atoms with Gasteiger partial charge in [-0.2, -0.15) is 0 Å². The molecule has 0 aromatic carbocycles. The van der Waals surface area contributed by atoms with Gasteiger partial charge in [0.15, 0.2) is 0 Å². The maximum absolute atomic E-state index is 12.2. The predicted molar refractivity (Wildman–Crippen MR) is 73.4 cm³/mol. The average Bonchev–Trinajstić information content (AvgIpc) is 2.43. The first-order valence-electron chi connectivity index (χ1n) is 7.03. The first-order chi connectivity index (χ1) is 9.99. The molecule has 7 nitrogen and oxygen atoms in total. The zero-order valence-electron chi connectivity index (χ0n) is 12.8. The number of methoxy groups -OCH3 is 2. The Kier molecular flexibility index (Phi) is 7.14. The Hall–Kier alpha value is -1.63. The van der Waals surface area contributed by atoms with Crippen LogP contribution in [0.4, 0.5) is 0 Å². The lowest BCUT2D eigenvalue weighted by Crippen LogP contribution is -2.42. The predicted octanol–water partition coefficient (Wildman–Crippen LogP) is 0.366. The van der Waals surface area contributed by atoms with E-state index < -0.39 is 11.9 Å². The smallest absolute Gasteiger partial charge is 0.325 e. The highest BCUT2D eigenvalue weighted by atomic mass is 16.5. The first-order valence-corrected chi connectivity index (χ1v) is 7.03. The third-order valence-corrected chi connectivity index (χ3v) is 3.51. The Morgan fingerprint density at radius 1 is 1.05 bits per heavy atom. The minimum absolute atomic E-state index is 0.225. The highest BCUT2D eigenvalue weighted by molar-refractivity contribution is 5.86. The molecule has 120 valence electrons. The molecule has 1 aliphatic carbocycles. The molecule has 0 bridgehead atoms. The van der Waals surface area contributed by atoms with Gasteiger partial charge in [0, 0.05) is 13.0 Å². The second kappa shape index (κ2) is 8.61. The summed E-state index contributed by atoms with van der Waals surface area (Å²) in [6.45, 7) is 2.12. The Morgan fingerprint density at radius 2 is 1.57 bits per heavy atom. The van der Waals surface area contributed by atoms with Gasteiger partial charge in [-0.05, 0) is 25.7 Å². The molecule has 1 aliphatic rings. The molecule has 0 heterocycles. The van der Waals surface area contributed by atoms with E-state index in [0.717, 1.165) is 12.8 Å². The van der Waals surface area contributed by atoms with Crippen molar-refractivity contribution in [3.63, 3.8) is 0 Å². The maximum Gasteiger partial charge on any atom is 0.325 e. The van der Waals surface area contributed by atoms with Gasteiger partial charge in [-0.1, -0.05) is 0 Å². The standard InChI is InChI=1S/C14H23NO6/c1-4-21-11-5-10(6-11)7-12(16)15(8-13(17)19-2)9-14(18)20-3/h10-11H,4-9H2,1-3H3. The number of nitrogens with zero attached hydrogens (tertiary/aromatic N) is 1. The topological polar surface area (TPSA) is 82.1 Å². The second-order valence-electron chi connectivity index (χ2n) is 5.02. The van der Waals surface area contributed by atoms with Crippen LogP contribution in [0, 0.1) is 5.92 Å². The van der Waals surface area contributed by atoms with Crippen molar-refractivity contribution < 1.29 is 28.6 Å². The van der Waals surface area contributed by atoms with Gasteiger partial charge < -0.3 is 19.1 Å². The number of rotatable bonds is 8. The van der Waals surface area contributed by atoms with E-state index in [0.29, 0.717) is 13.0 Å². The zero-order valence-corrected chi connectivity index (χ0v) is 12.8. The van der Waals surface area contributed by atoms with Crippen molar-refractivity contribution in [2.24, 2.45) is 5.92 Å². The van der Waals surface area contributed by atoms with Crippen molar-refractivity contribution in [1.82, 2.24) is 4.90 Å². The molecule has 1 amide bonds. The second-order valence-corrected chi connectivity index (χ2v) is 5.02. The van der Waals surface area contributed by atoms with E-state index in [1.807, 2.05) is 6.92 Å². The number of ether oxygens (including phenoxy) is 3. The number of hydrogen-bond donors (Lipinski definition) is 0. The summed E-state index contributed by atoms with van der Waals surface area (Å²) in [6.07, 6.45) is 2.20. The van der Waals surface area contributed by atoms with Gasteiger partial charge >= 0.3 is 11.9 Å². The van der Waals surface area contributed by atoms with Crippen LogP contribution in [0.5, 0.6) is 0 Å². The molecule has 1 saturated carbocycles. The van der Waals surface area contributed by atoms with Crippen molar-refractivity contribution in [1.29, 1.82) is 0 Å². The molecule has 0 aromatic heterocycles. The van der Waals surface area contributed by atoms with E-state index in [1.54, 1.807) is 0 Å². The van der Waals surface area contributed by atoms with Crippen LogP contribution in [0.15, 0.2) is 0 Å². The van der Waals surface area contributed by atoms with Gasteiger partial charge in [0.1, 0.15) is 13.1 Å². The fourth-order valence-corrected chi connectivity index (χ4v) is 2.26. The summed E-state index contributed by atoms with van der Waals surface area (Å²) in [4.78, 5) is 36.0. The highest BCUT2D eigenvalue weighted by Gasteiger charge is 2.33. The Morgan fingerprint density at radius 3 is 2.00 bits per heavy atom. The number of esters is 2. The quantitative estimate of drug-likeness (QED) is 0.602. The summed E-state index contributed by atoms with van der Waals surface area (Å²) in [5.41, 5.74) is 0. The van der Waals surface area contributed by atoms with Gasteiger partial charge in [-0.15, -0.1) is 0 Å². The number of amides is 1. The number of hydrogen-bond acceptors (Lipinski definition) is 6. The van der Waals surface area contributed by atoms with Crippen molar-refractivity contribution in [3.8, 4) is 0 Å². The largest absolute Gasteiger partial charge is 0.468 e. The summed E-state index contributed by atoms with van der Waals surface area (Å²) in [6, 6.07) is 0. The lowest BCUT2D eigenvalue weighted by molar-refractivity contribution is -0.153. The molecule has 0 atom stereocenters. The Labute approximate surface area is 124 Å². The third-order valence-electron chi connectivity index (χ3n) is 3.51. The summed E-state index contributed by atoms with van der Waals surface area (Å²) in [5, 5.41) is 0. The molecule has 21 heavy (non-hydrogen) atoms. The van der Waals surface area contributed by atoms with Gasteiger partial charge in [0.25, 0.3) is 0 Å². The average molecular weight is 301 g/mol. The van der Waals surface area contributed by atoms with E-state index >= 15 is 0 Å². The molecule has 0 spiro atoms. The number of carbonyl (C=O) groups excluding carboxylic acids is 3. The van der Waals surface area contributed by atoms with Crippen molar-refractivity contribution in [3.05, 3.63) is 0 Å². The fraction of sp³-hybridized carbons (Fsp3) is 0.786.